The first-order chi connectivity index (χ1) is 14.1. The Balaban J connectivity index is 1.49. The largest absolute Gasteiger partial charge is 0.361 e. The molecule has 0 saturated heterocycles. The summed E-state index contributed by atoms with van der Waals surface area (Å²) < 4.78 is 27.0. The number of fused-ring (bicyclic) bond motifs is 1. The van der Waals surface area contributed by atoms with E-state index in [-0.39, 0.29) is 11.4 Å². The van der Waals surface area contributed by atoms with E-state index < -0.39 is 10.0 Å². The molecule has 2 aromatic carbocycles. The zero-order chi connectivity index (χ0) is 20.5. The van der Waals surface area contributed by atoms with Crippen LogP contribution in [0.4, 0.5) is 0 Å². The van der Waals surface area contributed by atoms with E-state index in [4.69, 9.17) is 0 Å². The minimum atomic E-state index is -3.50. The number of aliphatic imine (C=N–C) groups is 1. The van der Waals surface area contributed by atoms with E-state index >= 15 is 0 Å². The van der Waals surface area contributed by atoms with Gasteiger partial charge in [0.2, 0.25) is 10.0 Å². The van der Waals surface area contributed by atoms with Crippen molar-refractivity contribution in [2.24, 2.45) is 4.99 Å². The summed E-state index contributed by atoms with van der Waals surface area (Å²) in [5.74, 6) is 0.672. The molecule has 0 atom stereocenters. The van der Waals surface area contributed by atoms with Crippen LogP contribution < -0.4 is 15.4 Å². The molecule has 0 saturated carbocycles. The number of rotatable bonds is 9. The van der Waals surface area contributed by atoms with Gasteiger partial charge in [-0.1, -0.05) is 36.4 Å². The molecule has 154 valence electrons. The van der Waals surface area contributed by atoms with Gasteiger partial charge in [-0.15, -0.1) is 0 Å². The van der Waals surface area contributed by atoms with Gasteiger partial charge >= 0.3 is 0 Å². The summed E-state index contributed by atoms with van der Waals surface area (Å²) in [5, 5.41) is 7.71. The van der Waals surface area contributed by atoms with Crippen molar-refractivity contribution < 1.29 is 8.42 Å². The van der Waals surface area contributed by atoms with Gasteiger partial charge in [-0.2, -0.15) is 0 Å². The normalized spacial score (nSPS) is 12.2. The van der Waals surface area contributed by atoms with Crippen LogP contribution in [0.5, 0.6) is 0 Å². The van der Waals surface area contributed by atoms with Gasteiger partial charge in [0, 0.05) is 36.7 Å². The average Bonchev–Trinajstić information content (AvgIpc) is 3.15. The molecule has 0 amide bonds. The second kappa shape index (κ2) is 10.1. The molecule has 0 bridgehead atoms. The summed E-state index contributed by atoms with van der Waals surface area (Å²) in [6.07, 6.45) is 2.89. The van der Waals surface area contributed by atoms with E-state index in [9.17, 15) is 8.42 Å². The molecule has 4 N–H and O–H groups in total. The van der Waals surface area contributed by atoms with E-state index in [0.717, 1.165) is 25.0 Å². The minimum Gasteiger partial charge on any atom is -0.361 e. The maximum absolute atomic E-state index is 12.2. The zero-order valence-electron chi connectivity index (χ0n) is 16.5. The number of aromatic amines is 1. The molecule has 29 heavy (non-hydrogen) atoms. The van der Waals surface area contributed by atoms with Crippen LogP contribution in [0.15, 0.2) is 70.7 Å². The summed E-state index contributed by atoms with van der Waals surface area (Å²) in [5.41, 5.74) is 2.38. The van der Waals surface area contributed by atoms with Gasteiger partial charge in [0.25, 0.3) is 0 Å². The van der Waals surface area contributed by atoms with Crippen LogP contribution in [0.25, 0.3) is 10.9 Å². The number of para-hydroxylation sites is 1. The standard InChI is InChI=1S/C21H27N5O2S/c1-2-22-21(23-13-12-17-16-25-20-11-7-6-10-19(17)20)24-14-15-26-29(27,28)18-8-4-3-5-9-18/h3-11,16,25-26H,2,12-15H2,1H3,(H2,22,23,24). The van der Waals surface area contributed by atoms with E-state index in [1.54, 1.807) is 30.3 Å². The maximum Gasteiger partial charge on any atom is 0.240 e. The van der Waals surface area contributed by atoms with Crippen LogP contribution in [0.2, 0.25) is 0 Å². The first-order valence-electron chi connectivity index (χ1n) is 9.72. The number of sulfonamides is 1. The summed E-state index contributed by atoms with van der Waals surface area (Å²) >= 11 is 0. The minimum absolute atomic E-state index is 0.232. The van der Waals surface area contributed by atoms with Crippen molar-refractivity contribution >= 4 is 26.9 Å². The topological polar surface area (TPSA) is 98.4 Å². The Morgan fingerprint density at radius 2 is 1.76 bits per heavy atom. The van der Waals surface area contributed by atoms with Gasteiger partial charge in [0.15, 0.2) is 5.96 Å². The highest BCUT2D eigenvalue weighted by atomic mass is 32.2. The van der Waals surface area contributed by atoms with Crippen molar-refractivity contribution in [3.63, 3.8) is 0 Å². The molecule has 0 radical (unpaired) electrons. The fourth-order valence-electron chi connectivity index (χ4n) is 3.03. The molecular weight excluding hydrogens is 386 g/mol. The Hall–Kier alpha value is -2.84. The summed E-state index contributed by atoms with van der Waals surface area (Å²) in [6, 6.07) is 16.6. The van der Waals surface area contributed by atoms with Gasteiger partial charge in [0.1, 0.15) is 0 Å². The first kappa shape index (κ1) is 20.9. The lowest BCUT2D eigenvalue weighted by molar-refractivity contribution is 0.582. The molecule has 8 heteroatoms. The Morgan fingerprint density at radius 1 is 1.00 bits per heavy atom. The van der Waals surface area contributed by atoms with Crippen molar-refractivity contribution in [1.29, 1.82) is 0 Å². The number of nitrogens with one attached hydrogen (secondary N) is 4. The summed E-state index contributed by atoms with van der Waals surface area (Å²) in [6.45, 7) is 4.03. The molecule has 0 aliphatic rings. The fourth-order valence-corrected chi connectivity index (χ4v) is 4.07. The first-order valence-corrected chi connectivity index (χ1v) is 11.2. The van der Waals surface area contributed by atoms with Crippen molar-refractivity contribution in [2.75, 3.05) is 26.2 Å². The molecule has 0 aliphatic carbocycles. The number of nitrogens with zero attached hydrogens (tertiary/aromatic N) is 1. The summed E-state index contributed by atoms with van der Waals surface area (Å²) in [7, 11) is -3.50. The summed E-state index contributed by atoms with van der Waals surface area (Å²) in [4.78, 5) is 7.99. The molecule has 1 aromatic heterocycles. The van der Waals surface area contributed by atoms with Crippen LogP contribution in [0, 0.1) is 0 Å². The average molecular weight is 414 g/mol. The van der Waals surface area contributed by atoms with Gasteiger partial charge < -0.3 is 15.6 Å². The van der Waals surface area contributed by atoms with Crippen molar-refractivity contribution in [3.05, 3.63) is 66.4 Å². The highest BCUT2D eigenvalue weighted by Crippen LogP contribution is 2.17. The lowest BCUT2D eigenvalue weighted by atomic mass is 10.1. The van der Waals surface area contributed by atoms with Crippen molar-refractivity contribution in [2.45, 2.75) is 18.2 Å². The lowest BCUT2D eigenvalue weighted by Gasteiger charge is -2.11. The quantitative estimate of drug-likeness (QED) is 0.246. The van der Waals surface area contributed by atoms with Crippen molar-refractivity contribution in [1.82, 2.24) is 20.3 Å². The third kappa shape index (κ3) is 5.82. The SMILES string of the molecule is CCNC(=NCCNS(=O)(=O)c1ccccc1)NCCc1c[nH]c2ccccc12. The molecule has 0 aliphatic heterocycles. The number of guanidine groups is 1. The number of H-pyrrole nitrogens is 1. The zero-order valence-corrected chi connectivity index (χ0v) is 17.3. The third-order valence-corrected chi connectivity index (χ3v) is 5.91. The molecule has 7 nitrogen and oxygen atoms in total. The van der Waals surface area contributed by atoms with E-state index in [2.05, 4.69) is 37.5 Å². The Morgan fingerprint density at radius 3 is 2.55 bits per heavy atom. The molecule has 3 aromatic rings. The second-order valence-corrected chi connectivity index (χ2v) is 8.27. The fraction of sp³-hybridized carbons (Fsp3) is 0.286. The van der Waals surface area contributed by atoms with Gasteiger partial charge in [-0.3, -0.25) is 4.99 Å². The Labute approximate surface area is 171 Å². The smallest absolute Gasteiger partial charge is 0.240 e. The van der Waals surface area contributed by atoms with Gasteiger partial charge in [-0.25, -0.2) is 13.1 Å². The lowest BCUT2D eigenvalue weighted by Crippen LogP contribution is -2.39. The van der Waals surface area contributed by atoms with E-state index in [0.29, 0.717) is 12.5 Å². The number of benzene rings is 2. The number of hydrogen-bond acceptors (Lipinski definition) is 3. The van der Waals surface area contributed by atoms with Crippen molar-refractivity contribution in [3.8, 4) is 0 Å². The highest BCUT2D eigenvalue weighted by Gasteiger charge is 2.11. The monoisotopic (exact) mass is 413 g/mol. The predicted molar refractivity (Wildman–Crippen MR) is 118 cm³/mol. The maximum atomic E-state index is 12.2. The number of hydrogen-bond donors (Lipinski definition) is 4. The Kier molecular flexibility index (Phi) is 7.26. The molecular formula is C21H27N5O2S. The van der Waals surface area contributed by atoms with Crippen LogP contribution >= 0.6 is 0 Å². The van der Waals surface area contributed by atoms with Crippen LogP contribution in [-0.2, 0) is 16.4 Å². The van der Waals surface area contributed by atoms with Gasteiger partial charge in [-0.05, 0) is 37.1 Å². The van der Waals surface area contributed by atoms with Crippen LogP contribution in [0.3, 0.4) is 0 Å². The second-order valence-electron chi connectivity index (χ2n) is 6.51. The van der Waals surface area contributed by atoms with E-state index in [1.165, 1.54) is 10.9 Å². The molecule has 3 rings (SSSR count). The molecule has 1 heterocycles. The third-order valence-electron chi connectivity index (χ3n) is 4.43. The van der Waals surface area contributed by atoms with Crippen LogP contribution in [0.1, 0.15) is 12.5 Å². The molecule has 0 fully saturated rings. The van der Waals surface area contributed by atoms with E-state index in [1.807, 2.05) is 25.3 Å². The highest BCUT2D eigenvalue weighted by molar-refractivity contribution is 7.89. The van der Waals surface area contributed by atoms with Crippen LogP contribution in [-0.4, -0.2) is 45.5 Å². The molecule has 0 spiro atoms. The number of aromatic nitrogens is 1. The van der Waals surface area contributed by atoms with Gasteiger partial charge in [0.05, 0.1) is 11.4 Å². The Bertz CT molecular complexity index is 1050. The molecule has 0 unspecified atom stereocenters. The predicted octanol–water partition coefficient (Wildman–Crippen LogP) is 2.24.